The van der Waals surface area contributed by atoms with Crippen LogP contribution in [0.15, 0.2) is 30.5 Å². The number of carbonyl (C=O) groups is 2. The smallest absolute Gasteiger partial charge is 0.249 e. The predicted octanol–water partition coefficient (Wildman–Crippen LogP) is 1.09. The van der Waals surface area contributed by atoms with Crippen LogP contribution in [0.5, 0.6) is 0 Å². The summed E-state index contributed by atoms with van der Waals surface area (Å²) in [5.41, 5.74) is 7.25. The molecule has 23 heavy (non-hydrogen) atoms. The largest absolute Gasteiger partial charge is 0.383 e. The summed E-state index contributed by atoms with van der Waals surface area (Å²) in [6.07, 6.45) is 1.28. The van der Waals surface area contributed by atoms with Crippen molar-refractivity contribution in [3.05, 3.63) is 36.0 Å². The molecule has 0 spiro atoms. The maximum Gasteiger partial charge on any atom is 0.249 e. The first-order valence-electron chi connectivity index (χ1n) is 7.71. The molecule has 1 aromatic carbocycles. The summed E-state index contributed by atoms with van der Waals surface area (Å²) in [6, 6.07) is 6.84. The van der Waals surface area contributed by atoms with Gasteiger partial charge in [-0.25, -0.2) is 0 Å². The molecule has 0 radical (unpaired) electrons. The average molecular weight is 317 g/mol. The van der Waals surface area contributed by atoms with Gasteiger partial charge in [-0.05, 0) is 24.0 Å². The molecule has 5 N–H and O–H groups in total. The molecular formula is C17H23N3O3. The second-order valence-electron chi connectivity index (χ2n) is 6.17. The second-order valence-corrected chi connectivity index (χ2v) is 6.17. The maximum absolute atomic E-state index is 12.0. The Bertz CT molecular complexity index is 693. The van der Waals surface area contributed by atoms with E-state index < -0.39 is 24.0 Å². The van der Waals surface area contributed by atoms with Gasteiger partial charge >= 0.3 is 0 Å². The van der Waals surface area contributed by atoms with E-state index in [9.17, 15) is 14.7 Å². The van der Waals surface area contributed by atoms with Crippen LogP contribution in [0.25, 0.3) is 10.9 Å². The molecule has 2 atom stereocenters. The van der Waals surface area contributed by atoms with Crippen molar-refractivity contribution in [1.82, 2.24) is 10.3 Å². The summed E-state index contributed by atoms with van der Waals surface area (Å²) in [7, 11) is 0. The van der Waals surface area contributed by atoms with Crippen molar-refractivity contribution < 1.29 is 14.7 Å². The van der Waals surface area contributed by atoms with Crippen LogP contribution in [0.2, 0.25) is 0 Å². The fourth-order valence-corrected chi connectivity index (χ4v) is 2.56. The highest BCUT2D eigenvalue weighted by Crippen LogP contribution is 2.19. The lowest BCUT2D eigenvalue weighted by Crippen LogP contribution is -2.49. The quantitative estimate of drug-likeness (QED) is 0.614. The van der Waals surface area contributed by atoms with Crippen LogP contribution >= 0.6 is 0 Å². The molecule has 0 aliphatic rings. The normalized spacial score (nSPS) is 13.9. The van der Waals surface area contributed by atoms with Gasteiger partial charge in [-0.15, -0.1) is 0 Å². The van der Waals surface area contributed by atoms with Crippen LogP contribution in [0.3, 0.4) is 0 Å². The van der Waals surface area contributed by atoms with E-state index in [2.05, 4.69) is 10.3 Å². The average Bonchev–Trinajstić information content (AvgIpc) is 2.89. The standard InChI is InChI=1S/C17H23N3O3/c1-10(2)7-15(21)17(23)20-14(16(18)22)8-11-9-19-13-6-4-3-5-12(11)13/h3-6,9-10,14-15,19,21H,7-8H2,1-2H3,(H2,18,22)(H,20,23)/t14-,15+/m0/s1. The van der Waals surface area contributed by atoms with E-state index in [-0.39, 0.29) is 12.3 Å². The van der Waals surface area contributed by atoms with Crippen LogP contribution in [-0.2, 0) is 16.0 Å². The number of amides is 2. The van der Waals surface area contributed by atoms with Gasteiger partial charge in [-0.2, -0.15) is 0 Å². The number of hydrogen-bond acceptors (Lipinski definition) is 3. The summed E-state index contributed by atoms with van der Waals surface area (Å²) in [6.45, 7) is 3.82. The first kappa shape index (κ1) is 17.0. The number of rotatable bonds is 7. The molecule has 2 amide bonds. The number of aromatic nitrogens is 1. The Morgan fingerprint density at radius 2 is 2.00 bits per heavy atom. The predicted molar refractivity (Wildman–Crippen MR) is 88.6 cm³/mol. The summed E-state index contributed by atoms with van der Waals surface area (Å²) >= 11 is 0. The third-order valence-corrected chi connectivity index (χ3v) is 3.76. The van der Waals surface area contributed by atoms with E-state index in [1.165, 1.54) is 0 Å². The van der Waals surface area contributed by atoms with Crippen LogP contribution in [0.1, 0.15) is 25.8 Å². The number of fused-ring (bicyclic) bond motifs is 1. The molecule has 0 bridgehead atoms. The molecule has 2 aromatic rings. The zero-order chi connectivity index (χ0) is 17.0. The van der Waals surface area contributed by atoms with E-state index in [1.54, 1.807) is 6.20 Å². The molecule has 0 unspecified atom stereocenters. The molecule has 6 heteroatoms. The van der Waals surface area contributed by atoms with E-state index in [0.29, 0.717) is 6.42 Å². The molecule has 1 heterocycles. The lowest BCUT2D eigenvalue weighted by atomic mass is 10.0. The van der Waals surface area contributed by atoms with Crippen molar-refractivity contribution in [2.45, 2.75) is 38.8 Å². The SMILES string of the molecule is CC(C)C[C@@H](O)C(=O)N[C@@H](Cc1c[nH]c2ccccc12)C(N)=O. The highest BCUT2D eigenvalue weighted by atomic mass is 16.3. The Balaban J connectivity index is 2.10. The fraction of sp³-hybridized carbons (Fsp3) is 0.412. The van der Waals surface area contributed by atoms with E-state index in [4.69, 9.17) is 5.73 Å². The third-order valence-electron chi connectivity index (χ3n) is 3.76. The number of carbonyl (C=O) groups excluding carboxylic acids is 2. The highest BCUT2D eigenvalue weighted by molar-refractivity contribution is 5.90. The number of aromatic amines is 1. The van der Waals surface area contributed by atoms with E-state index in [1.807, 2.05) is 38.1 Å². The molecule has 124 valence electrons. The van der Waals surface area contributed by atoms with Gasteiger partial charge in [0.15, 0.2) is 0 Å². The number of aliphatic hydroxyl groups excluding tert-OH is 1. The number of hydrogen-bond donors (Lipinski definition) is 4. The maximum atomic E-state index is 12.0. The highest BCUT2D eigenvalue weighted by Gasteiger charge is 2.24. The number of primary amides is 1. The fourth-order valence-electron chi connectivity index (χ4n) is 2.56. The van der Waals surface area contributed by atoms with Gasteiger partial charge in [0, 0.05) is 23.5 Å². The van der Waals surface area contributed by atoms with Gasteiger partial charge in [0.2, 0.25) is 11.8 Å². The minimum atomic E-state index is -1.14. The van der Waals surface area contributed by atoms with Gasteiger partial charge in [0.05, 0.1) is 0 Å². The third kappa shape index (κ3) is 4.32. The van der Waals surface area contributed by atoms with Crippen LogP contribution in [-0.4, -0.2) is 34.1 Å². The van der Waals surface area contributed by atoms with Crippen LogP contribution in [0.4, 0.5) is 0 Å². The molecule has 0 aliphatic carbocycles. The van der Waals surface area contributed by atoms with Crippen molar-refractivity contribution >= 4 is 22.7 Å². The number of benzene rings is 1. The summed E-state index contributed by atoms with van der Waals surface area (Å²) < 4.78 is 0. The molecular weight excluding hydrogens is 294 g/mol. The number of nitrogens with one attached hydrogen (secondary N) is 2. The van der Waals surface area contributed by atoms with E-state index >= 15 is 0 Å². The number of nitrogens with two attached hydrogens (primary N) is 1. The van der Waals surface area contributed by atoms with Gasteiger partial charge < -0.3 is 21.1 Å². The first-order valence-corrected chi connectivity index (χ1v) is 7.71. The Labute approximate surface area is 135 Å². The van der Waals surface area contributed by atoms with Crippen molar-refractivity contribution in [1.29, 1.82) is 0 Å². The summed E-state index contributed by atoms with van der Waals surface area (Å²) in [5.74, 6) is -1.01. The molecule has 1 aromatic heterocycles. The van der Waals surface area contributed by atoms with Crippen LogP contribution < -0.4 is 11.1 Å². The lowest BCUT2D eigenvalue weighted by Gasteiger charge is -2.18. The first-order chi connectivity index (χ1) is 10.9. The number of para-hydroxylation sites is 1. The lowest BCUT2D eigenvalue weighted by molar-refractivity contribution is -0.133. The van der Waals surface area contributed by atoms with Crippen LogP contribution in [0, 0.1) is 5.92 Å². The molecule has 0 saturated heterocycles. The van der Waals surface area contributed by atoms with Gasteiger partial charge in [0.25, 0.3) is 0 Å². The van der Waals surface area contributed by atoms with Crippen molar-refractivity contribution in [3.63, 3.8) is 0 Å². The molecule has 0 saturated carbocycles. The van der Waals surface area contributed by atoms with E-state index in [0.717, 1.165) is 16.5 Å². The molecule has 2 rings (SSSR count). The Morgan fingerprint density at radius 1 is 1.30 bits per heavy atom. The number of aliphatic hydroxyl groups is 1. The molecule has 0 fully saturated rings. The topological polar surface area (TPSA) is 108 Å². The van der Waals surface area contributed by atoms with Crippen molar-refractivity contribution in [2.75, 3.05) is 0 Å². The minimum absolute atomic E-state index is 0.177. The van der Waals surface area contributed by atoms with Crippen molar-refractivity contribution in [2.24, 2.45) is 11.7 Å². The Morgan fingerprint density at radius 3 is 2.65 bits per heavy atom. The summed E-state index contributed by atoms with van der Waals surface area (Å²) in [4.78, 5) is 26.8. The van der Waals surface area contributed by atoms with Gasteiger partial charge in [-0.1, -0.05) is 32.0 Å². The zero-order valence-corrected chi connectivity index (χ0v) is 13.4. The minimum Gasteiger partial charge on any atom is -0.383 e. The van der Waals surface area contributed by atoms with Crippen molar-refractivity contribution in [3.8, 4) is 0 Å². The summed E-state index contributed by atoms with van der Waals surface area (Å²) in [5, 5.41) is 13.4. The number of H-pyrrole nitrogens is 1. The zero-order valence-electron chi connectivity index (χ0n) is 13.4. The molecule has 6 nitrogen and oxygen atoms in total. The Kier molecular flexibility index (Phi) is 5.39. The van der Waals surface area contributed by atoms with Gasteiger partial charge in [0.1, 0.15) is 12.1 Å². The van der Waals surface area contributed by atoms with Gasteiger partial charge in [-0.3, -0.25) is 9.59 Å². The second kappa shape index (κ2) is 7.28. The Hall–Kier alpha value is -2.34. The molecule has 0 aliphatic heterocycles. The monoisotopic (exact) mass is 317 g/mol.